The molecule has 1 aromatic carbocycles. The maximum Gasteiger partial charge on any atom is 0.226 e. The predicted octanol–water partition coefficient (Wildman–Crippen LogP) is 2.79. The average molecular weight is 328 g/mol. The minimum Gasteiger partial charge on any atom is -0.342 e. The fourth-order valence-electron chi connectivity index (χ4n) is 3.86. The number of hydrogen-bond donors (Lipinski definition) is 0. The summed E-state index contributed by atoms with van der Waals surface area (Å²) in [5.41, 5.74) is 2.26. The van der Waals surface area contributed by atoms with Crippen LogP contribution in [-0.2, 0) is 16.0 Å². The van der Waals surface area contributed by atoms with Gasteiger partial charge < -0.3 is 9.80 Å². The second-order valence-corrected chi connectivity index (χ2v) is 7.21. The van der Waals surface area contributed by atoms with Crippen LogP contribution in [0.4, 0.5) is 0 Å². The van der Waals surface area contributed by atoms with E-state index in [0.717, 1.165) is 57.4 Å². The first-order valence-electron chi connectivity index (χ1n) is 9.25. The highest BCUT2D eigenvalue weighted by Gasteiger charge is 2.30. The summed E-state index contributed by atoms with van der Waals surface area (Å²) >= 11 is 0. The van der Waals surface area contributed by atoms with Crippen LogP contribution in [0, 0.1) is 12.8 Å². The molecule has 0 radical (unpaired) electrons. The van der Waals surface area contributed by atoms with E-state index < -0.39 is 0 Å². The standard InChI is InChI=1S/C20H28N2O2/c1-16-6-5-7-17(14-16)15-19(23)21-12-8-18(9-13-21)20(24)22-10-3-2-4-11-22/h5-7,14,18H,2-4,8-13,15H2,1H3. The Kier molecular flexibility index (Phi) is 5.54. The highest BCUT2D eigenvalue weighted by atomic mass is 16.2. The van der Waals surface area contributed by atoms with E-state index in [1.807, 2.05) is 34.9 Å². The Labute approximate surface area is 144 Å². The Morgan fingerprint density at radius 2 is 1.71 bits per heavy atom. The topological polar surface area (TPSA) is 40.6 Å². The van der Waals surface area contributed by atoms with Crippen molar-refractivity contribution >= 4 is 11.8 Å². The third kappa shape index (κ3) is 4.16. The van der Waals surface area contributed by atoms with Gasteiger partial charge in [0.2, 0.25) is 11.8 Å². The Morgan fingerprint density at radius 3 is 2.38 bits per heavy atom. The molecule has 2 amide bonds. The van der Waals surface area contributed by atoms with Crippen LogP contribution in [0.5, 0.6) is 0 Å². The molecule has 24 heavy (non-hydrogen) atoms. The molecule has 0 atom stereocenters. The summed E-state index contributed by atoms with van der Waals surface area (Å²) in [6, 6.07) is 8.13. The lowest BCUT2D eigenvalue weighted by atomic mass is 9.94. The van der Waals surface area contributed by atoms with Gasteiger partial charge in [0, 0.05) is 32.1 Å². The summed E-state index contributed by atoms with van der Waals surface area (Å²) in [6.45, 7) is 5.33. The van der Waals surface area contributed by atoms with Crippen molar-refractivity contribution in [2.24, 2.45) is 5.92 Å². The number of piperidine rings is 2. The number of carbonyl (C=O) groups is 2. The zero-order chi connectivity index (χ0) is 16.9. The molecule has 0 aromatic heterocycles. The summed E-state index contributed by atoms with van der Waals surface area (Å²) in [4.78, 5) is 29.0. The van der Waals surface area contributed by atoms with Gasteiger partial charge in [0.1, 0.15) is 0 Å². The molecule has 2 heterocycles. The first kappa shape index (κ1) is 17.0. The number of likely N-dealkylation sites (tertiary alicyclic amines) is 2. The van der Waals surface area contributed by atoms with E-state index >= 15 is 0 Å². The molecule has 0 N–H and O–H groups in total. The molecule has 2 aliphatic heterocycles. The lowest BCUT2D eigenvalue weighted by molar-refractivity contribution is -0.141. The zero-order valence-corrected chi connectivity index (χ0v) is 14.7. The largest absolute Gasteiger partial charge is 0.342 e. The maximum atomic E-state index is 12.6. The molecule has 2 fully saturated rings. The smallest absolute Gasteiger partial charge is 0.226 e. The van der Waals surface area contributed by atoms with Crippen LogP contribution in [0.2, 0.25) is 0 Å². The van der Waals surface area contributed by atoms with Crippen molar-refractivity contribution in [3.05, 3.63) is 35.4 Å². The first-order valence-corrected chi connectivity index (χ1v) is 9.25. The van der Waals surface area contributed by atoms with Crippen molar-refractivity contribution in [1.29, 1.82) is 0 Å². The Balaban J connectivity index is 1.49. The molecule has 0 spiro atoms. The summed E-state index contributed by atoms with van der Waals surface area (Å²) < 4.78 is 0. The van der Waals surface area contributed by atoms with E-state index in [1.165, 1.54) is 12.0 Å². The minimum atomic E-state index is 0.117. The van der Waals surface area contributed by atoms with Gasteiger partial charge in [0.25, 0.3) is 0 Å². The van der Waals surface area contributed by atoms with Crippen molar-refractivity contribution in [1.82, 2.24) is 9.80 Å². The second-order valence-electron chi connectivity index (χ2n) is 7.21. The van der Waals surface area contributed by atoms with E-state index in [9.17, 15) is 9.59 Å². The number of aryl methyl sites for hydroxylation is 1. The van der Waals surface area contributed by atoms with Gasteiger partial charge in [-0.05, 0) is 44.6 Å². The van der Waals surface area contributed by atoms with Gasteiger partial charge in [-0.2, -0.15) is 0 Å². The van der Waals surface area contributed by atoms with Gasteiger partial charge in [0.15, 0.2) is 0 Å². The van der Waals surface area contributed by atoms with Crippen molar-refractivity contribution in [3.8, 4) is 0 Å². The molecular formula is C20H28N2O2. The predicted molar refractivity (Wildman–Crippen MR) is 94.6 cm³/mol. The zero-order valence-electron chi connectivity index (χ0n) is 14.7. The van der Waals surface area contributed by atoms with Crippen LogP contribution in [-0.4, -0.2) is 47.8 Å². The number of rotatable bonds is 3. The lowest BCUT2D eigenvalue weighted by Gasteiger charge is -2.35. The molecule has 1 aromatic rings. The molecular weight excluding hydrogens is 300 g/mol. The summed E-state index contributed by atoms with van der Waals surface area (Å²) in [7, 11) is 0. The van der Waals surface area contributed by atoms with Crippen LogP contribution in [0.1, 0.15) is 43.2 Å². The van der Waals surface area contributed by atoms with Crippen molar-refractivity contribution in [2.75, 3.05) is 26.2 Å². The SMILES string of the molecule is Cc1cccc(CC(=O)N2CCC(C(=O)N3CCCCC3)CC2)c1. The molecule has 0 unspecified atom stereocenters. The number of benzene rings is 1. The molecule has 130 valence electrons. The molecule has 2 aliphatic rings. The average Bonchev–Trinajstić information content (AvgIpc) is 2.62. The highest BCUT2D eigenvalue weighted by Crippen LogP contribution is 2.22. The molecule has 0 bridgehead atoms. The molecule has 0 aliphatic carbocycles. The Bertz CT molecular complexity index is 585. The lowest BCUT2D eigenvalue weighted by Crippen LogP contribution is -2.46. The third-order valence-electron chi connectivity index (χ3n) is 5.30. The summed E-state index contributed by atoms with van der Waals surface area (Å²) in [5, 5.41) is 0. The molecule has 3 rings (SSSR count). The number of nitrogens with zero attached hydrogens (tertiary/aromatic N) is 2. The molecule has 4 nitrogen and oxygen atoms in total. The van der Waals surface area contributed by atoms with Gasteiger partial charge in [-0.1, -0.05) is 29.8 Å². The van der Waals surface area contributed by atoms with Crippen LogP contribution >= 0.6 is 0 Å². The highest BCUT2D eigenvalue weighted by molar-refractivity contribution is 5.81. The fraction of sp³-hybridized carbons (Fsp3) is 0.600. The normalized spacial score (nSPS) is 19.4. The van der Waals surface area contributed by atoms with Crippen molar-refractivity contribution in [3.63, 3.8) is 0 Å². The van der Waals surface area contributed by atoms with E-state index in [2.05, 4.69) is 6.07 Å². The Morgan fingerprint density at radius 1 is 1.00 bits per heavy atom. The number of hydrogen-bond acceptors (Lipinski definition) is 2. The van der Waals surface area contributed by atoms with Gasteiger partial charge in [-0.15, -0.1) is 0 Å². The van der Waals surface area contributed by atoms with Gasteiger partial charge in [-0.25, -0.2) is 0 Å². The fourth-order valence-corrected chi connectivity index (χ4v) is 3.86. The number of amides is 2. The van der Waals surface area contributed by atoms with E-state index in [4.69, 9.17) is 0 Å². The van der Waals surface area contributed by atoms with Crippen LogP contribution < -0.4 is 0 Å². The van der Waals surface area contributed by atoms with E-state index in [1.54, 1.807) is 0 Å². The maximum absolute atomic E-state index is 12.6. The third-order valence-corrected chi connectivity index (χ3v) is 5.30. The minimum absolute atomic E-state index is 0.117. The number of carbonyl (C=O) groups excluding carboxylic acids is 2. The molecule has 2 saturated heterocycles. The van der Waals surface area contributed by atoms with E-state index in [-0.39, 0.29) is 11.8 Å². The Hall–Kier alpha value is -1.84. The van der Waals surface area contributed by atoms with Crippen LogP contribution in [0.15, 0.2) is 24.3 Å². The quantitative estimate of drug-likeness (QED) is 0.856. The van der Waals surface area contributed by atoms with E-state index in [0.29, 0.717) is 12.3 Å². The first-order chi connectivity index (χ1) is 11.6. The van der Waals surface area contributed by atoms with Crippen molar-refractivity contribution < 1.29 is 9.59 Å². The van der Waals surface area contributed by atoms with Crippen LogP contribution in [0.25, 0.3) is 0 Å². The van der Waals surface area contributed by atoms with Gasteiger partial charge in [-0.3, -0.25) is 9.59 Å². The monoisotopic (exact) mass is 328 g/mol. The second kappa shape index (κ2) is 7.82. The van der Waals surface area contributed by atoms with Gasteiger partial charge >= 0.3 is 0 Å². The van der Waals surface area contributed by atoms with Gasteiger partial charge in [0.05, 0.1) is 6.42 Å². The summed E-state index contributed by atoms with van der Waals surface area (Å²) in [5.74, 6) is 0.621. The molecule has 0 saturated carbocycles. The molecule has 4 heteroatoms. The summed E-state index contributed by atoms with van der Waals surface area (Å²) in [6.07, 6.45) is 5.62. The van der Waals surface area contributed by atoms with Crippen LogP contribution in [0.3, 0.4) is 0 Å². The van der Waals surface area contributed by atoms with Crippen molar-refractivity contribution in [2.45, 2.75) is 45.4 Å².